The summed E-state index contributed by atoms with van der Waals surface area (Å²) in [6.45, 7) is 0. The molecule has 0 unspecified atom stereocenters. The topological polar surface area (TPSA) is 9.23 Å². The lowest BCUT2D eigenvalue weighted by Gasteiger charge is -2.13. The van der Waals surface area contributed by atoms with Crippen LogP contribution in [0.2, 0.25) is 10.0 Å². The molecule has 0 aliphatic heterocycles. The van der Waals surface area contributed by atoms with Gasteiger partial charge >= 0.3 is 0 Å². The van der Waals surface area contributed by atoms with E-state index in [9.17, 15) is 0 Å². The molecular weight excluding hydrogens is 266 g/mol. The van der Waals surface area contributed by atoms with Crippen LogP contribution in [0.4, 0.5) is 0 Å². The molecule has 0 fully saturated rings. The van der Waals surface area contributed by atoms with Crippen LogP contribution in [0.3, 0.4) is 0 Å². The van der Waals surface area contributed by atoms with Gasteiger partial charge in [-0.15, -0.1) is 0 Å². The lowest BCUT2D eigenvalue weighted by molar-refractivity contribution is 0.402. The average Bonchev–Trinajstić information content (AvgIpc) is 2.25. The maximum atomic E-state index is 6.00. The van der Waals surface area contributed by atoms with Crippen LogP contribution in [0.15, 0.2) is 41.1 Å². The molecule has 4 heteroatoms. The van der Waals surface area contributed by atoms with Gasteiger partial charge in [0.05, 0.1) is 5.02 Å². The molecule has 0 heterocycles. The van der Waals surface area contributed by atoms with Crippen LogP contribution in [-0.2, 0) is 0 Å². The smallest absolute Gasteiger partial charge is 0.145 e. The van der Waals surface area contributed by atoms with Crippen molar-refractivity contribution >= 4 is 34.8 Å². The zero-order chi connectivity index (χ0) is 11.5. The molecule has 1 aromatic rings. The van der Waals surface area contributed by atoms with Crippen LogP contribution in [-0.4, -0.2) is 0 Å². The van der Waals surface area contributed by atoms with Crippen LogP contribution >= 0.6 is 34.8 Å². The summed E-state index contributed by atoms with van der Waals surface area (Å²) in [7, 11) is 0. The zero-order valence-corrected chi connectivity index (χ0v) is 10.6. The number of allylic oxidation sites excluding steroid dienone is 4. The monoisotopic (exact) mass is 274 g/mol. The molecule has 0 saturated heterocycles. The van der Waals surface area contributed by atoms with Crippen molar-refractivity contribution in [1.82, 2.24) is 0 Å². The van der Waals surface area contributed by atoms with Gasteiger partial charge in [0.25, 0.3) is 0 Å². The number of ether oxygens (including phenoxy) is 1. The predicted molar refractivity (Wildman–Crippen MR) is 68.3 cm³/mol. The summed E-state index contributed by atoms with van der Waals surface area (Å²) >= 11 is 17.7. The van der Waals surface area contributed by atoms with E-state index in [2.05, 4.69) is 0 Å². The highest BCUT2D eigenvalue weighted by Gasteiger charge is 2.09. The van der Waals surface area contributed by atoms with Crippen molar-refractivity contribution in [2.45, 2.75) is 12.8 Å². The molecule has 2 rings (SSSR count). The molecule has 1 aliphatic rings. The Balaban J connectivity index is 2.15. The predicted octanol–water partition coefficient (Wildman–Crippen LogP) is 5.17. The fraction of sp³-hybridized carbons (Fsp3) is 0.167. The summed E-state index contributed by atoms with van der Waals surface area (Å²) in [6.07, 6.45) is 5.29. The van der Waals surface area contributed by atoms with E-state index in [0.717, 1.165) is 23.6 Å². The third kappa shape index (κ3) is 2.94. The third-order valence-electron chi connectivity index (χ3n) is 2.20. The number of hydrogen-bond donors (Lipinski definition) is 0. The Kier molecular flexibility index (Phi) is 3.80. The minimum Gasteiger partial charge on any atom is -0.460 e. The normalized spacial score (nSPS) is 15.4. The van der Waals surface area contributed by atoms with Gasteiger partial charge < -0.3 is 4.74 Å². The Hall–Kier alpha value is -0.630. The molecule has 1 aliphatic carbocycles. The van der Waals surface area contributed by atoms with Gasteiger partial charge in [-0.3, -0.25) is 0 Å². The Morgan fingerprint density at radius 2 is 1.81 bits per heavy atom. The summed E-state index contributed by atoms with van der Waals surface area (Å²) in [5.74, 6) is 1.47. The van der Waals surface area contributed by atoms with Crippen LogP contribution in [0.25, 0.3) is 0 Å². The molecule has 0 aromatic heterocycles. The second-order valence-corrected chi connectivity index (χ2v) is 4.75. The summed E-state index contributed by atoms with van der Waals surface area (Å²) in [5, 5.41) is 1.95. The largest absolute Gasteiger partial charge is 0.460 e. The molecule has 0 amide bonds. The van der Waals surface area contributed by atoms with Gasteiger partial charge in [-0.25, -0.2) is 0 Å². The molecule has 16 heavy (non-hydrogen) atoms. The Labute approximate surface area is 109 Å². The van der Waals surface area contributed by atoms with Crippen LogP contribution in [0, 0.1) is 0 Å². The highest BCUT2D eigenvalue weighted by atomic mass is 35.5. The Bertz CT molecular complexity index is 463. The third-order valence-corrected chi connectivity index (χ3v) is 3.04. The molecular formula is C12H9Cl3O. The highest BCUT2D eigenvalue weighted by Crippen LogP contribution is 2.31. The van der Waals surface area contributed by atoms with Gasteiger partial charge in [0.2, 0.25) is 0 Å². The van der Waals surface area contributed by atoms with Crippen molar-refractivity contribution in [3.05, 3.63) is 51.2 Å². The Morgan fingerprint density at radius 1 is 1.00 bits per heavy atom. The van der Waals surface area contributed by atoms with E-state index in [1.807, 2.05) is 12.2 Å². The van der Waals surface area contributed by atoms with Crippen molar-refractivity contribution < 1.29 is 4.74 Å². The molecule has 0 N–H and O–H groups in total. The van der Waals surface area contributed by atoms with Gasteiger partial charge in [0.1, 0.15) is 11.5 Å². The fourth-order valence-electron chi connectivity index (χ4n) is 1.38. The van der Waals surface area contributed by atoms with Gasteiger partial charge in [-0.1, -0.05) is 34.8 Å². The van der Waals surface area contributed by atoms with Crippen molar-refractivity contribution in [3.8, 4) is 5.75 Å². The van der Waals surface area contributed by atoms with Gasteiger partial charge in [-0.05, 0) is 36.8 Å². The number of rotatable bonds is 2. The Morgan fingerprint density at radius 3 is 2.44 bits per heavy atom. The summed E-state index contributed by atoms with van der Waals surface area (Å²) in [6, 6.07) is 5.16. The van der Waals surface area contributed by atoms with Crippen LogP contribution in [0.5, 0.6) is 5.75 Å². The molecule has 84 valence electrons. The lowest BCUT2D eigenvalue weighted by Crippen LogP contribution is -1.99. The SMILES string of the molecule is ClC1=CC=C(Oc2ccc(Cl)cc2Cl)CC1. The van der Waals surface area contributed by atoms with E-state index >= 15 is 0 Å². The van der Waals surface area contributed by atoms with Crippen molar-refractivity contribution in [2.24, 2.45) is 0 Å². The first-order valence-electron chi connectivity index (χ1n) is 4.83. The number of hydrogen-bond acceptors (Lipinski definition) is 1. The molecule has 0 radical (unpaired) electrons. The quantitative estimate of drug-likeness (QED) is 0.723. The number of benzene rings is 1. The van der Waals surface area contributed by atoms with E-state index in [4.69, 9.17) is 39.5 Å². The summed E-state index contributed by atoms with van der Waals surface area (Å²) in [4.78, 5) is 0. The second kappa shape index (κ2) is 5.13. The standard InChI is InChI=1S/C12H9Cl3O/c13-8-1-4-10(5-2-8)16-12-6-3-9(14)7-11(12)15/h1,3-4,6-7H,2,5H2. The van der Waals surface area contributed by atoms with Crippen LogP contribution in [0.1, 0.15) is 12.8 Å². The summed E-state index contributed by atoms with van der Waals surface area (Å²) in [5.41, 5.74) is 0. The van der Waals surface area contributed by atoms with E-state index in [1.165, 1.54) is 0 Å². The molecule has 0 bridgehead atoms. The fourth-order valence-corrected chi connectivity index (χ4v) is 1.98. The first-order valence-corrected chi connectivity index (χ1v) is 5.96. The molecule has 0 atom stereocenters. The summed E-state index contributed by atoms with van der Waals surface area (Å²) < 4.78 is 5.66. The van der Waals surface area contributed by atoms with E-state index < -0.39 is 0 Å². The first-order chi connectivity index (χ1) is 7.65. The van der Waals surface area contributed by atoms with E-state index in [-0.39, 0.29) is 0 Å². The van der Waals surface area contributed by atoms with E-state index in [1.54, 1.807) is 18.2 Å². The minimum absolute atomic E-state index is 0.508. The van der Waals surface area contributed by atoms with E-state index in [0.29, 0.717) is 15.8 Å². The molecule has 1 aromatic carbocycles. The van der Waals surface area contributed by atoms with Gasteiger partial charge in [0, 0.05) is 16.5 Å². The first kappa shape index (κ1) is 11.8. The molecule has 0 spiro atoms. The average molecular weight is 276 g/mol. The minimum atomic E-state index is 0.508. The van der Waals surface area contributed by atoms with Gasteiger partial charge in [0.15, 0.2) is 0 Å². The maximum Gasteiger partial charge on any atom is 0.145 e. The van der Waals surface area contributed by atoms with Crippen molar-refractivity contribution in [1.29, 1.82) is 0 Å². The van der Waals surface area contributed by atoms with Gasteiger partial charge in [-0.2, -0.15) is 0 Å². The number of halogens is 3. The molecule has 1 nitrogen and oxygen atoms in total. The second-order valence-electron chi connectivity index (χ2n) is 3.42. The van der Waals surface area contributed by atoms with Crippen LogP contribution < -0.4 is 4.74 Å². The lowest BCUT2D eigenvalue weighted by atomic mass is 10.1. The highest BCUT2D eigenvalue weighted by molar-refractivity contribution is 6.35. The maximum absolute atomic E-state index is 6.00. The molecule has 0 saturated carbocycles. The van der Waals surface area contributed by atoms with Crippen molar-refractivity contribution in [3.63, 3.8) is 0 Å². The zero-order valence-electron chi connectivity index (χ0n) is 8.34. The van der Waals surface area contributed by atoms with Crippen molar-refractivity contribution in [2.75, 3.05) is 0 Å².